The predicted octanol–water partition coefficient (Wildman–Crippen LogP) is 3.71. The van der Waals surface area contributed by atoms with Crippen LogP contribution in [0.2, 0.25) is 0 Å². The van der Waals surface area contributed by atoms with Gasteiger partial charge in [0.15, 0.2) is 0 Å². The Bertz CT molecular complexity index is 776. The quantitative estimate of drug-likeness (QED) is 0.769. The second kappa shape index (κ2) is 7.69. The lowest BCUT2D eigenvalue weighted by Gasteiger charge is -2.14. The Hall–Kier alpha value is -3.03. The third kappa shape index (κ3) is 5.52. The van der Waals surface area contributed by atoms with Crippen LogP contribution in [0, 0.1) is 0 Å². The van der Waals surface area contributed by atoms with Gasteiger partial charge in [-0.2, -0.15) is 13.2 Å². The number of rotatable bonds is 5. The number of para-hydroxylation sites is 1. The minimum atomic E-state index is -4.55. The molecule has 8 heteroatoms. The fourth-order valence-electron chi connectivity index (χ4n) is 2.13. The second-order valence-corrected chi connectivity index (χ2v) is 5.21. The van der Waals surface area contributed by atoms with Gasteiger partial charge < -0.3 is 16.0 Å². The number of anilines is 3. The molecule has 0 aliphatic carbocycles. The number of nitrogens with one attached hydrogen (secondary N) is 3. The maximum atomic E-state index is 12.9. The number of halogens is 3. The molecule has 2 aromatic carbocycles. The Kier molecular flexibility index (Phi) is 5.63. The first-order valence-electron chi connectivity index (χ1n) is 7.33. The van der Waals surface area contributed by atoms with Gasteiger partial charge in [0, 0.05) is 18.3 Å². The number of carbonyl (C=O) groups is 2. The Morgan fingerprint density at radius 2 is 1.64 bits per heavy atom. The first-order chi connectivity index (χ1) is 11.8. The average molecular weight is 351 g/mol. The van der Waals surface area contributed by atoms with Gasteiger partial charge in [-0.1, -0.05) is 18.2 Å². The largest absolute Gasteiger partial charge is 0.418 e. The van der Waals surface area contributed by atoms with E-state index in [0.29, 0.717) is 11.4 Å². The highest BCUT2D eigenvalue weighted by molar-refractivity contribution is 5.94. The number of hydrogen-bond acceptors (Lipinski definition) is 3. The highest BCUT2D eigenvalue weighted by Crippen LogP contribution is 2.34. The van der Waals surface area contributed by atoms with E-state index in [9.17, 15) is 22.8 Å². The van der Waals surface area contributed by atoms with Gasteiger partial charge in [0.2, 0.25) is 11.8 Å². The molecule has 132 valence electrons. The van der Waals surface area contributed by atoms with Crippen molar-refractivity contribution in [3.8, 4) is 0 Å². The molecule has 3 N–H and O–H groups in total. The highest BCUT2D eigenvalue weighted by atomic mass is 19.4. The molecular weight excluding hydrogens is 335 g/mol. The maximum Gasteiger partial charge on any atom is 0.418 e. The second-order valence-electron chi connectivity index (χ2n) is 5.21. The molecule has 0 fully saturated rings. The van der Waals surface area contributed by atoms with Crippen LogP contribution in [0.4, 0.5) is 30.2 Å². The summed E-state index contributed by atoms with van der Waals surface area (Å²) in [4.78, 5) is 22.9. The molecule has 0 saturated carbocycles. The van der Waals surface area contributed by atoms with Gasteiger partial charge in [-0.3, -0.25) is 9.59 Å². The summed E-state index contributed by atoms with van der Waals surface area (Å²) in [6.07, 6.45) is -4.55. The zero-order valence-electron chi connectivity index (χ0n) is 13.3. The summed E-state index contributed by atoms with van der Waals surface area (Å²) in [5.74, 6) is -0.861. The van der Waals surface area contributed by atoms with Crippen LogP contribution in [0.25, 0.3) is 0 Å². The molecule has 0 aromatic heterocycles. The zero-order valence-corrected chi connectivity index (χ0v) is 13.3. The Labute approximate surface area is 142 Å². The van der Waals surface area contributed by atoms with E-state index >= 15 is 0 Å². The van der Waals surface area contributed by atoms with E-state index in [1.807, 2.05) is 0 Å². The van der Waals surface area contributed by atoms with Gasteiger partial charge in [-0.15, -0.1) is 0 Å². The van der Waals surface area contributed by atoms with E-state index in [2.05, 4.69) is 16.0 Å². The van der Waals surface area contributed by atoms with Crippen LogP contribution >= 0.6 is 0 Å². The van der Waals surface area contributed by atoms with Crippen molar-refractivity contribution in [1.29, 1.82) is 0 Å². The Morgan fingerprint density at radius 1 is 0.960 bits per heavy atom. The van der Waals surface area contributed by atoms with E-state index < -0.39 is 17.6 Å². The van der Waals surface area contributed by atoms with Crippen molar-refractivity contribution in [2.75, 3.05) is 22.5 Å². The van der Waals surface area contributed by atoms with Crippen molar-refractivity contribution in [3.63, 3.8) is 0 Å². The third-order valence-electron chi connectivity index (χ3n) is 3.14. The first kappa shape index (κ1) is 18.3. The van der Waals surface area contributed by atoms with E-state index in [-0.39, 0.29) is 18.1 Å². The number of alkyl halides is 3. The van der Waals surface area contributed by atoms with E-state index in [1.165, 1.54) is 25.1 Å². The third-order valence-corrected chi connectivity index (χ3v) is 3.14. The van der Waals surface area contributed by atoms with Crippen LogP contribution < -0.4 is 16.0 Å². The fourth-order valence-corrected chi connectivity index (χ4v) is 2.13. The van der Waals surface area contributed by atoms with Crippen LogP contribution in [0.5, 0.6) is 0 Å². The normalized spacial score (nSPS) is 10.9. The number of carbonyl (C=O) groups excluding carboxylic acids is 2. The van der Waals surface area contributed by atoms with Crippen molar-refractivity contribution < 1.29 is 22.8 Å². The summed E-state index contributed by atoms with van der Waals surface area (Å²) in [5.41, 5.74) is -0.115. The van der Waals surface area contributed by atoms with Crippen molar-refractivity contribution in [3.05, 3.63) is 54.1 Å². The summed E-state index contributed by atoms with van der Waals surface area (Å²) in [6.45, 7) is 1.14. The average Bonchev–Trinajstić information content (AvgIpc) is 2.52. The molecule has 0 atom stereocenters. The topological polar surface area (TPSA) is 70.2 Å². The van der Waals surface area contributed by atoms with E-state index in [4.69, 9.17) is 0 Å². The first-order valence-corrected chi connectivity index (χ1v) is 7.33. The van der Waals surface area contributed by atoms with Gasteiger partial charge in [-0.25, -0.2) is 0 Å². The van der Waals surface area contributed by atoms with Crippen LogP contribution in [0.1, 0.15) is 12.5 Å². The summed E-state index contributed by atoms with van der Waals surface area (Å²) < 4.78 is 38.7. The molecule has 25 heavy (non-hydrogen) atoms. The number of amides is 2. The Morgan fingerprint density at radius 3 is 2.32 bits per heavy atom. The maximum absolute atomic E-state index is 12.9. The van der Waals surface area contributed by atoms with Crippen molar-refractivity contribution in [2.45, 2.75) is 13.1 Å². The summed E-state index contributed by atoms with van der Waals surface area (Å²) in [7, 11) is 0. The minimum Gasteiger partial charge on any atom is -0.376 e. The van der Waals surface area contributed by atoms with Crippen molar-refractivity contribution >= 4 is 28.9 Å². The molecule has 0 radical (unpaired) electrons. The molecule has 0 saturated heterocycles. The molecule has 0 unspecified atom stereocenters. The number of hydrogen-bond donors (Lipinski definition) is 3. The fraction of sp³-hybridized carbons (Fsp3) is 0.176. The van der Waals surface area contributed by atoms with Gasteiger partial charge >= 0.3 is 6.18 Å². The molecule has 5 nitrogen and oxygen atoms in total. The lowest BCUT2D eigenvalue weighted by molar-refractivity contribution is -0.137. The molecule has 2 amide bonds. The van der Waals surface area contributed by atoms with Crippen molar-refractivity contribution in [2.24, 2.45) is 0 Å². The summed E-state index contributed by atoms with van der Waals surface area (Å²) >= 11 is 0. The Balaban J connectivity index is 1.99. The van der Waals surface area contributed by atoms with E-state index in [1.54, 1.807) is 24.3 Å². The zero-order chi connectivity index (χ0) is 18.4. The predicted molar refractivity (Wildman–Crippen MR) is 89.3 cm³/mol. The van der Waals surface area contributed by atoms with Gasteiger partial charge in [0.1, 0.15) is 0 Å². The van der Waals surface area contributed by atoms with Crippen LogP contribution in [0.3, 0.4) is 0 Å². The monoisotopic (exact) mass is 351 g/mol. The van der Waals surface area contributed by atoms with Gasteiger partial charge in [-0.05, 0) is 30.3 Å². The smallest absolute Gasteiger partial charge is 0.376 e. The summed E-state index contributed by atoms with van der Waals surface area (Å²) in [6, 6.07) is 11.4. The van der Waals surface area contributed by atoms with E-state index in [0.717, 1.165) is 6.07 Å². The highest BCUT2D eigenvalue weighted by Gasteiger charge is 2.33. The number of benzene rings is 2. The van der Waals surface area contributed by atoms with Crippen LogP contribution in [0.15, 0.2) is 48.5 Å². The molecule has 0 aliphatic rings. The molecule has 2 rings (SSSR count). The molecule has 0 heterocycles. The standard InChI is InChI=1S/C17H16F3N3O2/c1-11(24)22-13-6-4-5-12(9-13)21-10-16(25)23-15-8-3-2-7-14(15)17(18,19)20/h2-9,21H,10H2,1H3,(H,22,24)(H,23,25). The SMILES string of the molecule is CC(=O)Nc1cccc(NCC(=O)Nc2ccccc2C(F)(F)F)c1. The van der Waals surface area contributed by atoms with Gasteiger partial charge in [0.05, 0.1) is 17.8 Å². The summed E-state index contributed by atoms with van der Waals surface area (Å²) in [5, 5.41) is 7.63. The van der Waals surface area contributed by atoms with Crippen LogP contribution in [-0.4, -0.2) is 18.4 Å². The minimum absolute atomic E-state index is 0.226. The molecule has 0 aliphatic heterocycles. The van der Waals surface area contributed by atoms with Crippen LogP contribution in [-0.2, 0) is 15.8 Å². The molecular formula is C17H16F3N3O2. The molecule has 0 bridgehead atoms. The lowest BCUT2D eigenvalue weighted by atomic mass is 10.1. The lowest BCUT2D eigenvalue weighted by Crippen LogP contribution is -2.23. The molecule has 2 aromatic rings. The van der Waals surface area contributed by atoms with Gasteiger partial charge in [0.25, 0.3) is 0 Å². The van der Waals surface area contributed by atoms with Crippen molar-refractivity contribution in [1.82, 2.24) is 0 Å². The molecule has 0 spiro atoms.